The topological polar surface area (TPSA) is 184 Å². The van der Waals surface area contributed by atoms with Crippen LogP contribution in [0.25, 0.3) is 16.8 Å². The number of hydrogen-bond acceptors (Lipinski definition) is 11. The largest absolute Gasteiger partial charge is 0.466 e. The van der Waals surface area contributed by atoms with Gasteiger partial charge >= 0.3 is 25.4 Å². The standard InChI is InChI=1S/C33H34N3O11P/c1-21(32(40)44-19-22-9-4-3-5-10-22)35-48(42,47-27-14-8-12-23-11-6-7-13-25(23)27)45-20-28-26(37)17-29(46-28)36-18-24(15-16-30(38)43-2)31(39)34-33(36)41/h3-16,18,21,26,28-29,37H,17,19-20H2,1-2H3,(H,35,42)(H,34,39,41)/b16-15+/t21-,26-,28+,29+,48+/m0/s1. The van der Waals surface area contributed by atoms with E-state index in [4.69, 9.17) is 18.5 Å². The number of carbonyl (C=O) groups is 2. The van der Waals surface area contributed by atoms with Crippen molar-refractivity contribution in [3.8, 4) is 5.75 Å². The molecular formula is C33H34N3O11P. The third-order valence-electron chi connectivity index (χ3n) is 7.42. The van der Waals surface area contributed by atoms with Gasteiger partial charge in [-0.05, 0) is 30.0 Å². The van der Waals surface area contributed by atoms with E-state index in [2.05, 4.69) is 14.8 Å². The van der Waals surface area contributed by atoms with Gasteiger partial charge in [0.1, 0.15) is 30.7 Å². The second-order valence-electron chi connectivity index (χ2n) is 10.8. The number of aliphatic hydroxyl groups is 1. The molecule has 0 amide bonds. The number of benzene rings is 3. The summed E-state index contributed by atoms with van der Waals surface area (Å²) in [4.78, 5) is 51.4. The van der Waals surface area contributed by atoms with Gasteiger partial charge in [0.05, 0.1) is 25.4 Å². The minimum atomic E-state index is -4.38. The van der Waals surface area contributed by atoms with Crippen molar-refractivity contribution in [3.05, 3.63) is 117 Å². The molecule has 15 heteroatoms. The van der Waals surface area contributed by atoms with Crippen LogP contribution in [0, 0.1) is 0 Å². The predicted octanol–water partition coefficient (Wildman–Crippen LogP) is 3.45. The fraction of sp³-hybridized carbons (Fsp3) is 0.273. The molecule has 3 aromatic carbocycles. The van der Waals surface area contributed by atoms with Crippen molar-refractivity contribution >= 4 is 36.5 Å². The highest BCUT2D eigenvalue weighted by Gasteiger charge is 2.40. The lowest BCUT2D eigenvalue weighted by molar-refractivity contribution is -0.146. The van der Waals surface area contributed by atoms with Gasteiger partial charge in [0, 0.05) is 24.1 Å². The fourth-order valence-electron chi connectivity index (χ4n) is 4.91. The van der Waals surface area contributed by atoms with Gasteiger partial charge in [-0.2, -0.15) is 5.09 Å². The molecule has 0 saturated carbocycles. The van der Waals surface area contributed by atoms with Gasteiger partial charge in [-0.15, -0.1) is 0 Å². The number of rotatable bonds is 13. The van der Waals surface area contributed by atoms with Crippen LogP contribution in [0.5, 0.6) is 5.75 Å². The van der Waals surface area contributed by atoms with Crippen molar-refractivity contribution in [2.75, 3.05) is 13.7 Å². The van der Waals surface area contributed by atoms with Crippen LogP contribution in [0.2, 0.25) is 0 Å². The molecule has 5 rings (SSSR count). The molecule has 3 N–H and O–H groups in total. The molecule has 0 bridgehead atoms. The summed E-state index contributed by atoms with van der Waals surface area (Å²) in [5, 5.41) is 14.9. The van der Waals surface area contributed by atoms with Gasteiger partial charge in [-0.25, -0.2) is 14.2 Å². The maximum Gasteiger partial charge on any atom is 0.459 e. The van der Waals surface area contributed by atoms with Crippen LogP contribution in [0.3, 0.4) is 0 Å². The van der Waals surface area contributed by atoms with Crippen molar-refractivity contribution in [1.29, 1.82) is 0 Å². The first-order valence-corrected chi connectivity index (χ1v) is 16.4. The number of methoxy groups -OCH3 is 1. The molecule has 1 aromatic heterocycles. The molecule has 48 heavy (non-hydrogen) atoms. The van der Waals surface area contributed by atoms with Crippen LogP contribution in [-0.2, 0) is 39.5 Å². The number of aromatic nitrogens is 2. The molecule has 1 aliphatic heterocycles. The first kappa shape index (κ1) is 34.5. The Morgan fingerprint density at radius 3 is 2.60 bits per heavy atom. The number of carbonyl (C=O) groups excluding carboxylic acids is 2. The second-order valence-corrected chi connectivity index (χ2v) is 12.5. The number of H-pyrrole nitrogens is 1. The first-order chi connectivity index (χ1) is 23.0. The van der Waals surface area contributed by atoms with Gasteiger partial charge in [-0.1, -0.05) is 66.7 Å². The lowest BCUT2D eigenvalue weighted by atomic mass is 10.1. The summed E-state index contributed by atoms with van der Waals surface area (Å²) < 4.78 is 42.9. The minimum absolute atomic E-state index is 0.00512. The van der Waals surface area contributed by atoms with Gasteiger partial charge in [0.15, 0.2) is 0 Å². The van der Waals surface area contributed by atoms with Crippen molar-refractivity contribution in [2.45, 2.75) is 44.4 Å². The predicted molar refractivity (Wildman–Crippen MR) is 174 cm³/mol. The van der Waals surface area contributed by atoms with Crippen molar-refractivity contribution in [1.82, 2.24) is 14.6 Å². The van der Waals surface area contributed by atoms with Crippen LogP contribution in [0.15, 0.2) is 94.7 Å². The van der Waals surface area contributed by atoms with E-state index in [1.165, 1.54) is 26.3 Å². The molecule has 1 saturated heterocycles. The van der Waals surface area contributed by atoms with E-state index in [-0.39, 0.29) is 24.3 Å². The van der Waals surface area contributed by atoms with E-state index < -0.39 is 62.0 Å². The quantitative estimate of drug-likeness (QED) is 0.106. The Kier molecular flexibility index (Phi) is 11.0. The molecule has 1 aliphatic rings. The number of hydrogen-bond donors (Lipinski definition) is 3. The highest BCUT2D eigenvalue weighted by molar-refractivity contribution is 7.52. The highest BCUT2D eigenvalue weighted by Crippen LogP contribution is 2.47. The first-order valence-electron chi connectivity index (χ1n) is 14.9. The molecule has 0 radical (unpaired) electrons. The molecule has 14 nitrogen and oxygen atoms in total. The molecule has 0 spiro atoms. The summed E-state index contributed by atoms with van der Waals surface area (Å²) in [6.45, 7) is 0.960. The van der Waals surface area contributed by atoms with Gasteiger partial charge < -0.3 is 23.8 Å². The van der Waals surface area contributed by atoms with Gasteiger partial charge in [0.25, 0.3) is 5.56 Å². The van der Waals surface area contributed by atoms with Crippen LogP contribution in [0.4, 0.5) is 0 Å². The summed E-state index contributed by atoms with van der Waals surface area (Å²) in [5.74, 6) is -1.21. The normalized spacial score (nSPS) is 19.5. The SMILES string of the molecule is COC(=O)/C=C/c1cn([C@H]2C[C@H](O)[C@@H](CO[P@](=O)(N[C@@H](C)C(=O)OCc3ccccc3)Oc3cccc4ccccc34)O2)c(=O)[nH]c1=O. The zero-order valence-corrected chi connectivity index (χ0v) is 26.9. The van der Waals surface area contributed by atoms with Gasteiger partial charge in [0.2, 0.25) is 0 Å². The average Bonchev–Trinajstić information content (AvgIpc) is 3.46. The summed E-state index contributed by atoms with van der Waals surface area (Å²) in [6.07, 6.45) is -0.0764. The van der Waals surface area contributed by atoms with E-state index in [1.807, 2.05) is 36.4 Å². The Bertz CT molecular complexity index is 1950. The van der Waals surface area contributed by atoms with Crippen molar-refractivity contribution < 1.29 is 42.5 Å². The summed E-state index contributed by atoms with van der Waals surface area (Å²) in [7, 11) is -3.20. The van der Waals surface area contributed by atoms with E-state index in [0.29, 0.717) is 5.39 Å². The van der Waals surface area contributed by atoms with Gasteiger partial charge in [-0.3, -0.25) is 23.7 Å². The average molecular weight is 680 g/mol. The smallest absolute Gasteiger partial charge is 0.459 e. The van der Waals surface area contributed by atoms with Crippen LogP contribution in [-0.4, -0.2) is 58.6 Å². The van der Waals surface area contributed by atoms with E-state index in [1.54, 1.807) is 36.4 Å². The Hall–Kier alpha value is -4.85. The number of nitrogens with zero attached hydrogens (tertiary/aromatic N) is 1. The minimum Gasteiger partial charge on any atom is -0.466 e. The monoisotopic (exact) mass is 679 g/mol. The fourth-order valence-corrected chi connectivity index (χ4v) is 6.43. The summed E-state index contributed by atoms with van der Waals surface area (Å²) in [5.41, 5.74) is -0.838. The Balaban J connectivity index is 1.33. The second kappa shape index (κ2) is 15.4. The molecule has 0 unspecified atom stereocenters. The summed E-state index contributed by atoms with van der Waals surface area (Å²) >= 11 is 0. The van der Waals surface area contributed by atoms with Crippen molar-refractivity contribution in [3.63, 3.8) is 0 Å². The zero-order chi connectivity index (χ0) is 34.3. The lowest BCUT2D eigenvalue weighted by Gasteiger charge is -2.25. The van der Waals surface area contributed by atoms with E-state index in [0.717, 1.165) is 21.6 Å². The third kappa shape index (κ3) is 8.54. The lowest BCUT2D eigenvalue weighted by Crippen LogP contribution is -2.36. The highest BCUT2D eigenvalue weighted by atomic mass is 31.2. The zero-order valence-electron chi connectivity index (χ0n) is 26.0. The Morgan fingerprint density at radius 2 is 1.83 bits per heavy atom. The Morgan fingerprint density at radius 1 is 1.10 bits per heavy atom. The van der Waals surface area contributed by atoms with Crippen molar-refractivity contribution in [2.24, 2.45) is 0 Å². The maximum atomic E-state index is 14.3. The number of ether oxygens (including phenoxy) is 3. The molecule has 252 valence electrons. The summed E-state index contributed by atoms with van der Waals surface area (Å²) in [6, 6.07) is 20.3. The molecule has 0 aliphatic carbocycles. The molecule has 5 atom stereocenters. The van der Waals surface area contributed by atoms with E-state index in [9.17, 15) is 28.8 Å². The Labute approximate surface area is 274 Å². The maximum absolute atomic E-state index is 14.3. The number of esters is 2. The van der Waals surface area contributed by atoms with Crippen LogP contribution >= 0.6 is 7.75 Å². The number of aromatic amines is 1. The molecule has 1 fully saturated rings. The molecule has 2 heterocycles. The molecule has 4 aromatic rings. The number of aliphatic hydroxyl groups excluding tert-OH is 1. The van der Waals surface area contributed by atoms with Crippen LogP contribution in [0.1, 0.15) is 30.7 Å². The van der Waals surface area contributed by atoms with E-state index >= 15 is 0 Å². The number of fused-ring (bicyclic) bond motifs is 1. The number of nitrogens with one attached hydrogen (secondary N) is 2. The van der Waals surface area contributed by atoms with Crippen LogP contribution < -0.4 is 20.9 Å². The third-order valence-corrected chi connectivity index (χ3v) is 9.05. The molecular weight excluding hydrogens is 645 g/mol.